The van der Waals surface area contributed by atoms with E-state index < -0.39 is 12.3 Å². The highest BCUT2D eigenvalue weighted by Gasteiger charge is 2.41. The molecule has 1 N–H and O–H groups in total. The van der Waals surface area contributed by atoms with Crippen LogP contribution in [0.1, 0.15) is 58.1 Å². The molecule has 0 aliphatic carbocycles. The van der Waals surface area contributed by atoms with Crippen LogP contribution in [0.15, 0.2) is 36.5 Å². The highest BCUT2D eigenvalue weighted by atomic mass is 16.5. The maximum Gasteiger partial charge on any atom is 0.291 e. The highest BCUT2D eigenvalue weighted by molar-refractivity contribution is 5.81. The number of hydrogen-bond acceptors (Lipinski definition) is 2. The molecule has 3 nitrogen and oxygen atoms in total. The van der Waals surface area contributed by atoms with Gasteiger partial charge < -0.3 is 9.84 Å². The second kappa shape index (κ2) is 8.02. The molecule has 0 radical (unpaired) electrons. The fourth-order valence-electron chi connectivity index (χ4n) is 4.03. The molecular weight excluding hydrogens is 346 g/mol. The smallest absolute Gasteiger partial charge is 0.291 e. The molecular formula is C25H32NO2+. The van der Waals surface area contributed by atoms with Crippen LogP contribution in [0.4, 0.5) is 0 Å². The van der Waals surface area contributed by atoms with Gasteiger partial charge in [0.25, 0.3) is 6.23 Å². The van der Waals surface area contributed by atoms with Crippen molar-refractivity contribution < 1.29 is 14.4 Å². The lowest BCUT2D eigenvalue weighted by Gasteiger charge is -2.28. The fraction of sp³-hybridized carbons (Fsp3) is 0.400. The van der Waals surface area contributed by atoms with Gasteiger partial charge in [0.1, 0.15) is 0 Å². The molecule has 1 aromatic carbocycles. The first-order valence-electron chi connectivity index (χ1n) is 10.0. The molecule has 3 atom stereocenters. The number of aromatic nitrogens is 1. The summed E-state index contributed by atoms with van der Waals surface area (Å²) in [5, 5.41) is 13.0. The van der Waals surface area contributed by atoms with E-state index in [9.17, 15) is 5.11 Å². The lowest BCUT2D eigenvalue weighted by atomic mass is 9.85. The molecule has 0 fully saturated rings. The SMILES string of the molecule is C=c1c2[n+](cc/c1=C/C)[C@@H](O)[C@@H](OC)c1cccc(/C(C)=C/C(C)C(C)C)c1-2. The van der Waals surface area contributed by atoms with E-state index in [0.29, 0.717) is 11.8 Å². The molecule has 0 saturated heterocycles. The Bertz CT molecular complexity index is 1020. The molecule has 3 rings (SSSR count). The zero-order valence-electron chi connectivity index (χ0n) is 17.9. The summed E-state index contributed by atoms with van der Waals surface area (Å²) in [5.74, 6) is 1.05. The van der Waals surface area contributed by atoms with E-state index in [-0.39, 0.29) is 0 Å². The third kappa shape index (κ3) is 3.34. The first-order valence-corrected chi connectivity index (χ1v) is 10.0. The lowest BCUT2D eigenvalue weighted by molar-refractivity contribution is -0.762. The number of hydrogen-bond donors (Lipinski definition) is 1. The zero-order valence-corrected chi connectivity index (χ0v) is 17.9. The molecule has 0 saturated carbocycles. The average molecular weight is 379 g/mol. The van der Waals surface area contributed by atoms with Crippen molar-refractivity contribution in [2.45, 2.75) is 47.0 Å². The second-order valence-electron chi connectivity index (χ2n) is 8.09. The van der Waals surface area contributed by atoms with Crippen molar-refractivity contribution in [2.75, 3.05) is 7.11 Å². The Kier molecular flexibility index (Phi) is 5.87. The number of aliphatic hydroxyl groups is 1. The van der Waals surface area contributed by atoms with Gasteiger partial charge in [0, 0.05) is 24.0 Å². The van der Waals surface area contributed by atoms with Gasteiger partial charge in [0.2, 0.25) is 5.69 Å². The van der Waals surface area contributed by atoms with E-state index >= 15 is 0 Å². The third-order valence-corrected chi connectivity index (χ3v) is 6.06. The van der Waals surface area contributed by atoms with Gasteiger partial charge in [-0.3, -0.25) is 0 Å². The summed E-state index contributed by atoms with van der Waals surface area (Å²) < 4.78 is 7.62. The number of allylic oxidation sites excluding steroid dienone is 2. The van der Waals surface area contributed by atoms with Crippen molar-refractivity contribution in [3.63, 3.8) is 0 Å². The van der Waals surface area contributed by atoms with Crippen LogP contribution < -0.4 is 15.0 Å². The van der Waals surface area contributed by atoms with Crippen molar-refractivity contribution in [3.05, 3.63) is 58.1 Å². The van der Waals surface area contributed by atoms with Crippen LogP contribution in [0.25, 0.3) is 29.5 Å². The number of fused-ring (bicyclic) bond motifs is 3. The number of ether oxygens (including phenoxy) is 1. The monoisotopic (exact) mass is 378 g/mol. The van der Waals surface area contributed by atoms with Crippen molar-refractivity contribution >= 4 is 18.2 Å². The summed E-state index contributed by atoms with van der Waals surface area (Å²) >= 11 is 0. The molecule has 0 spiro atoms. The quantitative estimate of drug-likeness (QED) is 0.823. The lowest BCUT2D eigenvalue weighted by Crippen LogP contribution is -2.53. The summed E-state index contributed by atoms with van der Waals surface area (Å²) in [4.78, 5) is 0. The topological polar surface area (TPSA) is 33.3 Å². The summed E-state index contributed by atoms with van der Waals surface area (Å²) in [6.45, 7) is 15.3. The Morgan fingerprint density at radius 1 is 1.25 bits per heavy atom. The van der Waals surface area contributed by atoms with Gasteiger partial charge in [-0.2, -0.15) is 4.57 Å². The zero-order chi connectivity index (χ0) is 20.6. The summed E-state index contributed by atoms with van der Waals surface area (Å²) in [5.41, 5.74) is 5.49. The summed E-state index contributed by atoms with van der Waals surface area (Å²) in [6.07, 6.45) is 5.14. The van der Waals surface area contributed by atoms with E-state index in [4.69, 9.17) is 4.74 Å². The first kappa shape index (κ1) is 20.5. The number of benzene rings is 1. The van der Waals surface area contributed by atoms with E-state index in [1.54, 1.807) is 7.11 Å². The molecule has 1 aliphatic heterocycles. The largest absolute Gasteiger partial charge is 0.367 e. The fourth-order valence-corrected chi connectivity index (χ4v) is 4.03. The minimum Gasteiger partial charge on any atom is -0.367 e. The molecule has 1 aliphatic rings. The van der Waals surface area contributed by atoms with Crippen molar-refractivity contribution in [1.82, 2.24) is 0 Å². The predicted molar refractivity (Wildman–Crippen MR) is 116 cm³/mol. The van der Waals surface area contributed by atoms with Crippen LogP contribution in [0, 0.1) is 11.8 Å². The molecule has 2 heterocycles. The van der Waals surface area contributed by atoms with Crippen LogP contribution in [0.5, 0.6) is 0 Å². The van der Waals surface area contributed by atoms with Gasteiger partial charge in [-0.25, -0.2) is 0 Å². The van der Waals surface area contributed by atoms with Crippen molar-refractivity contribution in [1.29, 1.82) is 0 Å². The van der Waals surface area contributed by atoms with Gasteiger partial charge in [0.05, 0.1) is 5.56 Å². The van der Waals surface area contributed by atoms with E-state index in [1.807, 2.05) is 23.8 Å². The summed E-state index contributed by atoms with van der Waals surface area (Å²) in [7, 11) is 1.65. The van der Waals surface area contributed by atoms with Gasteiger partial charge in [0.15, 0.2) is 12.3 Å². The van der Waals surface area contributed by atoms with Crippen molar-refractivity contribution in [2.24, 2.45) is 11.8 Å². The Hall–Kier alpha value is -2.23. The maximum absolute atomic E-state index is 11.0. The standard InChI is InChI=1S/C25H32NO2/c1-8-19-12-13-26-23(18(19)6)22-20(17(5)14-16(4)15(2)3)10-9-11-21(22)24(28-7)25(26)27/h8-16,24-25,27H,6H2,1-5,7H3/q+1/b17-14+,19-8-/t16?,24-,25-/m0/s1. The van der Waals surface area contributed by atoms with E-state index in [0.717, 1.165) is 27.3 Å². The van der Waals surface area contributed by atoms with Crippen LogP contribution in [-0.4, -0.2) is 12.2 Å². The van der Waals surface area contributed by atoms with Crippen LogP contribution in [-0.2, 0) is 4.74 Å². The molecule has 1 aromatic heterocycles. The van der Waals surface area contributed by atoms with Crippen LogP contribution in [0.3, 0.4) is 0 Å². The Morgan fingerprint density at radius 3 is 2.57 bits per heavy atom. The molecule has 0 amide bonds. The van der Waals surface area contributed by atoms with Crippen LogP contribution in [0.2, 0.25) is 0 Å². The molecule has 2 aromatic rings. The normalized spacial score (nSPS) is 20.9. The third-order valence-electron chi connectivity index (χ3n) is 6.06. The van der Waals surface area contributed by atoms with Gasteiger partial charge in [-0.05, 0) is 42.0 Å². The first-order chi connectivity index (χ1) is 13.3. The molecule has 0 bridgehead atoms. The van der Waals surface area contributed by atoms with Gasteiger partial charge in [-0.15, -0.1) is 0 Å². The molecule has 3 heteroatoms. The molecule has 28 heavy (non-hydrogen) atoms. The van der Waals surface area contributed by atoms with E-state index in [2.05, 4.69) is 64.6 Å². The second-order valence-corrected chi connectivity index (χ2v) is 8.09. The van der Waals surface area contributed by atoms with Gasteiger partial charge >= 0.3 is 0 Å². The van der Waals surface area contributed by atoms with Crippen LogP contribution >= 0.6 is 0 Å². The Labute approximate surface area is 168 Å². The minimum absolute atomic E-state index is 0.418. The number of pyridine rings is 1. The van der Waals surface area contributed by atoms with Crippen molar-refractivity contribution in [3.8, 4) is 11.3 Å². The number of nitrogens with zero attached hydrogens (tertiary/aromatic N) is 1. The van der Waals surface area contributed by atoms with Gasteiger partial charge in [-0.1, -0.05) is 57.7 Å². The highest BCUT2D eigenvalue weighted by Crippen LogP contribution is 2.40. The molecule has 1 unspecified atom stereocenters. The number of methoxy groups -OCH3 is 1. The summed E-state index contributed by atoms with van der Waals surface area (Å²) in [6, 6.07) is 8.27. The predicted octanol–water partition coefficient (Wildman–Crippen LogP) is 3.74. The Balaban J connectivity index is 2.37. The number of aliphatic hydroxyl groups excluding tert-OH is 1. The Morgan fingerprint density at radius 2 is 1.96 bits per heavy atom. The van der Waals surface area contributed by atoms with E-state index in [1.165, 1.54) is 11.1 Å². The minimum atomic E-state index is -0.784. The molecule has 148 valence electrons. The number of rotatable bonds is 4. The average Bonchev–Trinajstić information content (AvgIpc) is 2.67. The maximum atomic E-state index is 11.0.